The van der Waals surface area contributed by atoms with Crippen molar-refractivity contribution in [2.24, 2.45) is 10.9 Å². The number of nitrogens with two attached hydrogens (primary N) is 1. The first kappa shape index (κ1) is 13.8. The molecule has 0 spiro atoms. The molecular weight excluding hydrogens is 258 g/mol. The highest BCUT2D eigenvalue weighted by Crippen LogP contribution is 2.35. The number of aromatic nitrogens is 1. The summed E-state index contributed by atoms with van der Waals surface area (Å²) < 4.78 is 0. The van der Waals surface area contributed by atoms with Gasteiger partial charge in [0.05, 0.1) is 11.4 Å². The number of pyridine rings is 1. The number of hydrogen-bond acceptors (Lipinski definition) is 3. The van der Waals surface area contributed by atoms with Gasteiger partial charge in [-0.1, -0.05) is 23.8 Å². The topological polar surface area (TPSA) is 51.3 Å². The van der Waals surface area contributed by atoms with E-state index in [0.29, 0.717) is 5.92 Å². The summed E-state index contributed by atoms with van der Waals surface area (Å²) in [5.41, 5.74) is 8.49. The lowest BCUT2D eigenvalue weighted by atomic mass is 9.78. The van der Waals surface area contributed by atoms with E-state index in [2.05, 4.69) is 49.1 Å². The van der Waals surface area contributed by atoms with Crippen LogP contribution in [0.25, 0.3) is 0 Å². The zero-order valence-corrected chi connectivity index (χ0v) is 12.9. The van der Waals surface area contributed by atoms with E-state index in [-0.39, 0.29) is 0 Å². The van der Waals surface area contributed by atoms with Gasteiger partial charge in [0.25, 0.3) is 0 Å². The molecule has 0 amide bonds. The van der Waals surface area contributed by atoms with Gasteiger partial charge in [0.15, 0.2) is 0 Å². The van der Waals surface area contributed by atoms with Crippen LogP contribution in [0.15, 0.2) is 35.6 Å². The van der Waals surface area contributed by atoms with Gasteiger partial charge in [0.1, 0.15) is 0 Å². The summed E-state index contributed by atoms with van der Waals surface area (Å²) in [5.74, 6) is 6.07. The van der Waals surface area contributed by atoms with Crippen LogP contribution in [0.5, 0.6) is 0 Å². The summed E-state index contributed by atoms with van der Waals surface area (Å²) in [5, 5.41) is 4.05. The van der Waals surface area contributed by atoms with Gasteiger partial charge in [0, 0.05) is 11.8 Å². The van der Waals surface area contributed by atoms with Crippen LogP contribution >= 0.6 is 0 Å². The van der Waals surface area contributed by atoms with E-state index in [9.17, 15) is 0 Å². The average molecular weight is 279 g/mol. The van der Waals surface area contributed by atoms with Crippen LogP contribution in [0.3, 0.4) is 0 Å². The van der Waals surface area contributed by atoms with Gasteiger partial charge < -0.3 is 5.84 Å². The van der Waals surface area contributed by atoms with Crippen LogP contribution in [-0.4, -0.2) is 10.7 Å². The van der Waals surface area contributed by atoms with Crippen molar-refractivity contribution in [1.29, 1.82) is 0 Å². The molecule has 1 aliphatic carbocycles. The molecule has 1 heterocycles. The maximum Gasteiger partial charge on any atom is 0.0699 e. The Morgan fingerprint density at radius 1 is 1.10 bits per heavy atom. The van der Waals surface area contributed by atoms with Crippen LogP contribution in [0, 0.1) is 20.8 Å². The van der Waals surface area contributed by atoms with Crippen LogP contribution in [0.1, 0.15) is 45.8 Å². The lowest BCUT2D eigenvalue weighted by Gasteiger charge is -2.27. The minimum absolute atomic E-state index is 0.411. The molecule has 0 aliphatic heterocycles. The second kappa shape index (κ2) is 5.32. The number of hydrazone groups is 1. The van der Waals surface area contributed by atoms with Gasteiger partial charge in [0.2, 0.25) is 0 Å². The van der Waals surface area contributed by atoms with E-state index < -0.39 is 0 Å². The molecule has 3 rings (SSSR count). The highest BCUT2D eigenvalue weighted by molar-refractivity contribution is 6.04. The van der Waals surface area contributed by atoms with Gasteiger partial charge in [-0.2, -0.15) is 5.10 Å². The average Bonchev–Trinajstić information content (AvgIpc) is 2.48. The molecule has 0 bridgehead atoms. The highest BCUT2D eigenvalue weighted by Gasteiger charge is 2.27. The second-order valence-electron chi connectivity index (χ2n) is 5.99. The molecule has 108 valence electrons. The summed E-state index contributed by atoms with van der Waals surface area (Å²) in [6.45, 7) is 6.41. The number of hydrogen-bond donors (Lipinski definition) is 1. The molecule has 3 heteroatoms. The summed E-state index contributed by atoms with van der Waals surface area (Å²) in [7, 11) is 0. The first-order valence-electron chi connectivity index (χ1n) is 7.39. The van der Waals surface area contributed by atoms with Gasteiger partial charge >= 0.3 is 0 Å². The number of aryl methyl sites for hydroxylation is 3. The second-order valence-corrected chi connectivity index (χ2v) is 5.99. The molecule has 2 aromatic rings. The lowest BCUT2D eigenvalue weighted by molar-refractivity contribution is 0.672. The molecule has 1 aromatic heterocycles. The summed E-state index contributed by atoms with van der Waals surface area (Å²) in [4.78, 5) is 4.57. The van der Waals surface area contributed by atoms with E-state index in [0.717, 1.165) is 29.8 Å². The molecule has 0 saturated carbocycles. The Bertz CT molecular complexity index is 716. The first-order valence-corrected chi connectivity index (χ1v) is 7.39. The van der Waals surface area contributed by atoms with Crippen molar-refractivity contribution >= 4 is 5.71 Å². The molecule has 1 aromatic carbocycles. The van der Waals surface area contributed by atoms with E-state index in [1.54, 1.807) is 0 Å². The Morgan fingerprint density at radius 2 is 1.90 bits per heavy atom. The van der Waals surface area contributed by atoms with Gasteiger partial charge in [-0.15, -0.1) is 0 Å². The number of nitrogens with zero attached hydrogens (tertiary/aromatic N) is 2. The number of benzene rings is 1. The highest BCUT2D eigenvalue weighted by atomic mass is 15.1. The molecule has 0 radical (unpaired) electrons. The monoisotopic (exact) mass is 279 g/mol. The molecule has 0 unspecified atom stereocenters. The minimum atomic E-state index is 0.411. The number of fused-ring (bicyclic) bond motifs is 1. The van der Waals surface area contributed by atoms with Gasteiger partial charge in [-0.25, -0.2) is 0 Å². The SMILES string of the molecule is Cc1ccc(C)c([C@@H]2C/C(=N\N)c3c(C)ccnc3C2)c1. The van der Waals surface area contributed by atoms with Crippen LogP contribution in [-0.2, 0) is 6.42 Å². The fourth-order valence-corrected chi connectivity index (χ4v) is 3.34. The smallest absolute Gasteiger partial charge is 0.0699 e. The van der Waals surface area contributed by atoms with Crippen LogP contribution in [0.2, 0.25) is 0 Å². The lowest BCUT2D eigenvalue weighted by Crippen LogP contribution is -2.23. The van der Waals surface area contributed by atoms with Crippen molar-refractivity contribution in [1.82, 2.24) is 4.98 Å². The van der Waals surface area contributed by atoms with Gasteiger partial charge in [-0.3, -0.25) is 4.98 Å². The zero-order chi connectivity index (χ0) is 15.0. The van der Waals surface area contributed by atoms with Crippen molar-refractivity contribution in [3.8, 4) is 0 Å². The Hall–Kier alpha value is -2.16. The first-order chi connectivity index (χ1) is 10.1. The molecule has 0 fully saturated rings. The predicted octanol–water partition coefficient (Wildman–Crippen LogP) is 3.40. The van der Waals surface area contributed by atoms with Crippen molar-refractivity contribution in [2.45, 2.75) is 39.5 Å². The zero-order valence-electron chi connectivity index (χ0n) is 12.9. The summed E-state index contributed by atoms with van der Waals surface area (Å²) in [6.07, 6.45) is 3.73. The predicted molar refractivity (Wildman–Crippen MR) is 86.7 cm³/mol. The van der Waals surface area contributed by atoms with Crippen LogP contribution < -0.4 is 5.84 Å². The van der Waals surface area contributed by atoms with E-state index in [1.165, 1.54) is 22.3 Å². The molecule has 3 nitrogen and oxygen atoms in total. The maximum absolute atomic E-state index is 5.66. The molecule has 21 heavy (non-hydrogen) atoms. The molecule has 0 saturated heterocycles. The summed E-state index contributed by atoms with van der Waals surface area (Å²) in [6, 6.07) is 8.68. The maximum atomic E-state index is 5.66. The standard InChI is InChI=1S/C18H21N3/c1-11-4-5-12(2)15(8-11)14-9-16-18(17(10-14)21-19)13(3)6-7-20-16/h4-8,14H,9-10,19H2,1-3H3/b21-17+/t14-/m0/s1. The Morgan fingerprint density at radius 3 is 2.67 bits per heavy atom. The third-order valence-corrected chi connectivity index (χ3v) is 4.44. The summed E-state index contributed by atoms with van der Waals surface area (Å²) >= 11 is 0. The van der Waals surface area contributed by atoms with E-state index in [4.69, 9.17) is 5.84 Å². The third-order valence-electron chi connectivity index (χ3n) is 4.44. The van der Waals surface area contributed by atoms with Crippen molar-refractivity contribution in [3.63, 3.8) is 0 Å². The van der Waals surface area contributed by atoms with Crippen molar-refractivity contribution in [3.05, 3.63) is 64.0 Å². The normalized spacial score (nSPS) is 19.6. The largest absolute Gasteiger partial charge is 0.323 e. The third kappa shape index (κ3) is 2.44. The number of rotatable bonds is 1. The van der Waals surface area contributed by atoms with Gasteiger partial charge in [-0.05, 0) is 62.3 Å². The fourth-order valence-electron chi connectivity index (χ4n) is 3.34. The molecular formula is C18H21N3. The van der Waals surface area contributed by atoms with E-state index in [1.807, 2.05) is 12.3 Å². The molecule has 1 atom stereocenters. The van der Waals surface area contributed by atoms with Crippen LogP contribution in [0.4, 0.5) is 0 Å². The molecule has 1 aliphatic rings. The molecule has 2 N–H and O–H groups in total. The Labute approximate surface area is 125 Å². The quantitative estimate of drug-likeness (QED) is 0.642. The Balaban J connectivity index is 2.07. The Kier molecular flexibility index (Phi) is 3.50. The van der Waals surface area contributed by atoms with Crippen molar-refractivity contribution < 1.29 is 0 Å². The van der Waals surface area contributed by atoms with Crippen molar-refractivity contribution in [2.75, 3.05) is 0 Å². The minimum Gasteiger partial charge on any atom is -0.323 e. The van der Waals surface area contributed by atoms with E-state index >= 15 is 0 Å². The fraction of sp³-hybridized carbons (Fsp3) is 0.333.